The van der Waals surface area contributed by atoms with E-state index in [1.165, 1.54) is 12.1 Å². The van der Waals surface area contributed by atoms with E-state index in [2.05, 4.69) is 29.8 Å². The molecule has 0 aliphatic rings. The average Bonchev–Trinajstić information content (AvgIpc) is 2.17. The molecule has 0 nitrogen and oxygen atoms in total. The molecule has 0 N–H and O–H groups in total. The molecule has 0 radical (unpaired) electrons. The molecule has 84 valence electrons. The molecule has 0 heterocycles. The Labute approximate surface area is 104 Å². The molecule has 0 bridgehead atoms. The fourth-order valence-electron chi connectivity index (χ4n) is 1.59. The molecule has 1 aromatic carbocycles. The lowest BCUT2D eigenvalue weighted by Gasteiger charge is -2.19. The highest BCUT2D eigenvalue weighted by atomic mass is 79.9. The van der Waals surface area contributed by atoms with Gasteiger partial charge in [-0.05, 0) is 30.0 Å². The van der Waals surface area contributed by atoms with Gasteiger partial charge >= 0.3 is 0 Å². The van der Waals surface area contributed by atoms with Gasteiger partial charge in [-0.3, -0.25) is 0 Å². The van der Waals surface area contributed by atoms with Crippen molar-refractivity contribution < 1.29 is 4.39 Å². The Morgan fingerprint density at radius 1 is 1.47 bits per heavy atom. The Bertz CT molecular complexity index is 327. The Morgan fingerprint density at radius 3 is 2.67 bits per heavy atom. The van der Waals surface area contributed by atoms with Crippen LogP contribution in [0, 0.1) is 5.82 Å². The van der Waals surface area contributed by atoms with Crippen molar-refractivity contribution in [2.45, 2.75) is 38.0 Å². The maximum atomic E-state index is 12.9. The van der Waals surface area contributed by atoms with E-state index in [0.29, 0.717) is 0 Å². The van der Waals surface area contributed by atoms with Crippen LogP contribution in [0.25, 0.3) is 0 Å². The smallest absolute Gasteiger partial charge is 0.124 e. The minimum absolute atomic E-state index is 0.108. The molecule has 0 aliphatic heterocycles. The lowest BCUT2D eigenvalue weighted by atomic mass is 9.95. The van der Waals surface area contributed by atoms with Crippen molar-refractivity contribution >= 4 is 27.5 Å². The van der Waals surface area contributed by atoms with Crippen LogP contribution in [0.5, 0.6) is 0 Å². The summed E-state index contributed by atoms with van der Waals surface area (Å²) in [5.41, 5.74) is 1.07. The molecule has 0 aliphatic carbocycles. The minimum Gasteiger partial charge on any atom is -0.207 e. The van der Waals surface area contributed by atoms with E-state index in [1.54, 1.807) is 6.07 Å². The van der Waals surface area contributed by atoms with Crippen LogP contribution in [-0.4, -0.2) is 5.38 Å². The molecular formula is C12H15BrClF. The van der Waals surface area contributed by atoms with Gasteiger partial charge in [0.15, 0.2) is 0 Å². The molecule has 0 aromatic heterocycles. The van der Waals surface area contributed by atoms with Gasteiger partial charge in [0, 0.05) is 9.85 Å². The first-order valence-corrected chi connectivity index (χ1v) is 6.38. The lowest BCUT2D eigenvalue weighted by molar-refractivity contribution is 0.613. The van der Waals surface area contributed by atoms with Crippen molar-refractivity contribution in [3.05, 3.63) is 34.1 Å². The second-order valence-electron chi connectivity index (χ2n) is 3.76. The van der Waals surface area contributed by atoms with Gasteiger partial charge in [0.1, 0.15) is 5.82 Å². The zero-order valence-electron chi connectivity index (χ0n) is 8.93. The van der Waals surface area contributed by atoms with E-state index in [4.69, 9.17) is 11.6 Å². The van der Waals surface area contributed by atoms with E-state index in [9.17, 15) is 4.39 Å². The molecular weight excluding hydrogens is 278 g/mol. The Balaban J connectivity index is 2.86. The highest BCUT2D eigenvalue weighted by Crippen LogP contribution is 2.31. The average molecular weight is 294 g/mol. The fraction of sp³-hybridized carbons (Fsp3) is 0.500. The predicted molar refractivity (Wildman–Crippen MR) is 67.1 cm³/mol. The fourth-order valence-corrected chi connectivity index (χ4v) is 2.66. The van der Waals surface area contributed by atoms with E-state index in [0.717, 1.165) is 22.9 Å². The van der Waals surface area contributed by atoms with Crippen molar-refractivity contribution in [2.24, 2.45) is 0 Å². The second-order valence-corrected chi connectivity index (χ2v) is 5.17. The van der Waals surface area contributed by atoms with E-state index in [1.807, 2.05) is 0 Å². The minimum atomic E-state index is -0.223. The van der Waals surface area contributed by atoms with Crippen molar-refractivity contribution in [1.82, 2.24) is 0 Å². The highest BCUT2D eigenvalue weighted by molar-refractivity contribution is 9.10. The zero-order valence-corrected chi connectivity index (χ0v) is 11.3. The number of hydrogen-bond acceptors (Lipinski definition) is 0. The second kappa shape index (κ2) is 5.86. The molecule has 0 saturated carbocycles. The Kier molecular flexibility index (Phi) is 5.07. The highest BCUT2D eigenvalue weighted by Gasteiger charge is 2.17. The molecule has 1 aromatic rings. The summed E-state index contributed by atoms with van der Waals surface area (Å²) in [7, 11) is 0. The summed E-state index contributed by atoms with van der Waals surface area (Å²) in [4.78, 5) is 0. The van der Waals surface area contributed by atoms with Crippen molar-refractivity contribution in [3.63, 3.8) is 0 Å². The summed E-state index contributed by atoms with van der Waals surface area (Å²) in [6, 6.07) is 4.77. The van der Waals surface area contributed by atoms with Gasteiger partial charge in [0.25, 0.3) is 0 Å². The summed E-state index contributed by atoms with van der Waals surface area (Å²) in [5.74, 6) is 0.0148. The van der Waals surface area contributed by atoms with Crippen molar-refractivity contribution in [2.75, 3.05) is 0 Å². The van der Waals surface area contributed by atoms with Gasteiger partial charge in [-0.25, -0.2) is 4.39 Å². The summed E-state index contributed by atoms with van der Waals surface area (Å²) in [6.45, 7) is 4.19. The van der Waals surface area contributed by atoms with Crippen LogP contribution >= 0.6 is 27.5 Å². The van der Waals surface area contributed by atoms with Crippen LogP contribution in [0.3, 0.4) is 0 Å². The SMILES string of the molecule is CCCC(Cl)C(C)c1ccc(F)cc1Br. The summed E-state index contributed by atoms with van der Waals surface area (Å²) >= 11 is 9.63. The standard InChI is InChI=1S/C12H15BrClF/c1-3-4-12(14)8(2)10-6-5-9(15)7-11(10)13/h5-8,12H,3-4H2,1-2H3. The Hall–Kier alpha value is -0.0800. The molecule has 3 heteroatoms. The summed E-state index contributed by atoms with van der Waals surface area (Å²) < 4.78 is 13.7. The van der Waals surface area contributed by atoms with Crippen LogP contribution in [-0.2, 0) is 0 Å². The zero-order chi connectivity index (χ0) is 11.4. The van der Waals surface area contributed by atoms with Crippen LogP contribution < -0.4 is 0 Å². The van der Waals surface area contributed by atoms with Crippen LogP contribution in [0.4, 0.5) is 4.39 Å². The number of hydrogen-bond donors (Lipinski definition) is 0. The summed E-state index contributed by atoms with van der Waals surface area (Å²) in [6.07, 6.45) is 2.05. The number of halogens is 3. The topological polar surface area (TPSA) is 0 Å². The maximum absolute atomic E-state index is 12.9. The molecule has 0 amide bonds. The lowest BCUT2D eigenvalue weighted by Crippen LogP contribution is -2.10. The largest absolute Gasteiger partial charge is 0.207 e. The van der Waals surface area contributed by atoms with E-state index >= 15 is 0 Å². The Morgan fingerprint density at radius 2 is 2.13 bits per heavy atom. The van der Waals surface area contributed by atoms with Gasteiger partial charge < -0.3 is 0 Å². The van der Waals surface area contributed by atoms with Gasteiger partial charge in [-0.2, -0.15) is 0 Å². The van der Waals surface area contributed by atoms with Crippen LogP contribution in [0.2, 0.25) is 0 Å². The molecule has 0 spiro atoms. The van der Waals surface area contributed by atoms with Gasteiger partial charge in [0.2, 0.25) is 0 Å². The van der Waals surface area contributed by atoms with Gasteiger partial charge in [-0.1, -0.05) is 42.3 Å². The van der Waals surface area contributed by atoms with Crippen LogP contribution in [0.1, 0.15) is 38.2 Å². The third kappa shape index (κ3) is 3.46. The molecule has 2 unspecified atom stereocenters. The van der Waals surface area contributed by atoms with Gasteiger partial charge in [-0.15, -0.1) is 11.6 Å². The molecule has 15 heavy (non-hydrogen) atoms. The van der Waals surface area contributed by atoms with E-state index < -0.39 is 0 Å². The number of benzene rings is 1. The predicted octanol–water partition coefficient (Wildman–Crippen LogP) is 5.10. The molecule has 0 fully saturated rings. The molecule has 0 saturated heterocycles. The first-order chi connectivity index (χ1) is 7.06. The van der Waals surface area contributed by atoms with Crippen LogP contribution in [0.15, 0.2) is 22.7 Å². The normalized spacial score (nSPS) is 15.0. The number of rotatable bonds is 4. The third-order valence-corrected chi connectivity index (χ3v) is 3.84. The maximum Gasteiger partial charge on any atom is 0.124 e. The van der Waals surface area contributed by atoms with Gasteiger partial charge in [0.05, 0.1) is 0 Å². The summed E-state index contributed by atoms with van der Waals surface area (Å²) in [5, 5.41) is 0.108. The first kappa shape index (κ1) is 13.0. The third-order valence-electron chi connectivity index (χ3n) is 2.56. The first-order valence-electron chi connectivity index (χ1n) is 5.15. The van der Waals surface area contributed by atoms with E-state index in [-0.39, 0.29) is 17.1 Å². The quantitative estimate of drug-likeness (QED) is 0.678. The molecule has 2 atom stereocenters. The van der Waals surface area contributed by atoms with Crippen molar-refractivity contribution in [3.8, 4) is 0 Å². The molecule has 1 rings (SSSR count). The monoisotopic (exact) mass is 292 g/mol. The number of alkyl halides is 1. The van der Waals surface area contributed by atoms with Crippen molar-refractivity contribution in [1.29, 1.82) is 0 Å².